The highest BCUT2D eigenvalue weighted by atomic mass is 16.6. The first-order valence-corrected chi connectivity index (χ1v) is 15.3. The molecule has 5 heterocycles. The summed E-state index contributed by atoms with van der Waals surface area (Å²) < 4.78 is 0. The Morgan fingerprint density at radius 1 is 0.400 bits per heavy atom. The summed E-state index contributed by atoms with van der Waals surface area (Å²) in [4.78, 5) is 50.5. The fourth-order valence-electron chi connectivity index (χ4n) is 6.54. The molecule has 0 saturated carbocycles. The summed E-state index contributed by atoms with van der Waals surface area (Å²) in [6, 6.07) is 29.8. The molecule has 13 heteroatoms. The molecule has 1 aliphatic heterocycles. The quantitative estimate of drug-likeness (QED) is 0.117. The summed E-state index contributed by atoms with van der Waals surface area (Å²) in [5, 5.41) is 36.8. The van der Waals surface area contributed by atoms with Crippen LogP contribution in [0.1, 0.15) is 11.4 Å². The molecule has 3 N–H and O–H groups in total. The van der Waals surface area contributed by atoms with Crippen LogP contribution in [0.15, 0.2) is 109 Å². The van der Waals surface area contributed by atoms with Crippen LogP contribution in [-0.2, 0) is 0 Å². The average Bonchev–Trinajstić information content (AvgIpc) is 3.95. The fourth-order valence-corrected chi connectivity index (χ4v) is 6.54. The van der Waals surface area contributed by atoms with Crippen molar-refractivity contribution in [3.05, 3.63) is 151 Å². The molecule has 7 aromatic rings. The largest absolute Gasteiger partial charge is 0.354 e. The number of rotatable bonds is 6. The van der Waals surface area contributed by atoms with Gasteiger partial charge in [0, 0.05) is 62.5 Å². The second-order valence-electron chi connectivity index (χ2n) is 11.5. The van der Waals surface area contributed by atoms with Crippen LogP contribution in [0.3, 0.4) is 0 Å². The minimum atomic E-state index is -0.461. The highest BCUT2D eigenvalue weighted by Gasteiger charge is 2.23. The van der Waals surface area contributed by atoms with Gasteiger partial charge in [0.25, 0.3) is 17.1 Å². The van der Waals surface area contributed by atoms with E-state index in [1.54, 1.807) is 97.1 Å². The number of hydrogen-bond donors (Lipinski definition) is 3. The maximum absolute atomic E-state index is 12.3. The van der Waals surface area contributed by atoms with Crippen LogP contribution in [0.25, 0.3) is 78.6 Å². The van der Waals surface area contributed by atoms with Crippen molar-refractivity contribution < 1.29 is 14.8 Å². The van der Waals surface area contributed by atoms with Gasteiger partial charge in [0.15, 0.2) is 0 Å². The van der Waals surface area contributed by atoms with Crippen molar-refractivity contribution in [2.75, 3.05) is 0 Å². The number of nitro groups is 3. The normalized spacial score (nSPS) is 11.6. The second kappa shape index (κ2) is 11.7. The zero-order valence-electron chi connectivity index (χ0n) is 25.8. The van der Waals surface area contributed by atoms with Crippen LogP contribution in [0.4, 0.5) is 17.1 Å². The molecule has 3 aromatic carbocycles. The van der Waals surface area contributed by atoms with Crippen molar-refractivity contribution in [2.45, 2.75) is 0 Å². The number of H-pyrrole nitrogens is 3. The summed E-state index contributed by atoms with van der Waals surface area (Å²) in [5.41, 5.74) is 6.15. The van der Waals surface area contributed by atoms with Crippen molar-refractivity contribution in [3.63, 3.8) is 0 Å². The lowest BCUT2D eigenvalue weighted by molar-refractivity contribution is -0.384. The number of benzene rings is 3. The van der Waals surface area contributed by atoms with Gasteiger partial charge in [-0.1, -0.05) is 36.4 Å². The third-order valence-electron chi connectivity index (χ3n) is 8.69. The molecule has 4 aromatic heterocycles. The number of hydrogen-bond acceptors (Lipinski definition) is 7. The van der Waals surface area contributed by atoms with E-state index in [2.05, 4.69) is 15.0 Å². The number of nitro benzene ring substituents is 3. The molecule has 1 aliphatic rings. The average molecular weight is 662 g/mol. The predicted octanol–water partition coefficient (Wildman–Crippen LogP) is 9.42. The fraction of sp³-hybridized carbons (Fsp3) is 0. The number of nitrogens with zero attached hydrogens (tertiary/aromatic N) is 4. The van der Waals surface area contributed by atoms with Crippen molar-refractivity contribution >= 4 is 62.3 Å². The lowest BCUT2D eigenvalue weighted by Gasteiger charge is -2.06. The van der Waals surface area contributed by atoms with Gasteiger partial charge in [-0.3, -0.25) is 30.3 Å². The van der Waals surface area contributed by atoms with Gasteiger partial charge in [-0.2, -0.15) is 0 Å². The summed E-state index contributed by atoms with van der Waals surface area (Å²) in [7, 11) is 0. The number of fused-ring (bicyclic) bond motifs is 9. The van der Waals surface area contributed by atoms with Crippen LogP contribution in [0.2, 0.25) is 0 Å². The Morgan fingerprint density at radius 2 is 0.720 bits per heavy atom. The molecule has 0 aliphatic carbocycles. The van der Waals surface area contributed by atoms with Crippen LogP contribution >= 0.6 is 0 Å². The van der Waals surface area contributed by atoms with Gasteiger partial charge >= 0.3 is 0 Å². The van der Waals surface area contributed by atoms with E-state index in [0.29, 0.717) is 77.9 Å². The standard InChI is InChI=1S/C37H23N7O6/c45-42(46)32-10-4-1-7-21(32)35-26-15-13-24(38-26)25-14-16-27(39-25)36(22-8-2-5-11-33(22)43(47)48)29-18-20-31(41-29)37(30-19-17-28(35)40-30)23-9-3-6-12-34(23)44(49)50/h1-20,38,40-41H. The van der Waals surface area contributed by atoms with E-state index in [1.807, 2.05) is 6.07 Å². The van der Waals surface area contributed by atoms with Crippen LogP contribution in [0, 0.1) is 30.3 Å². The molecule has 8 rings (SSSR count). The van der Waals surface area contributed by atoms with Crippen molar-refractivity contribution in [1.29, 1.82) is 0 Å². The highest BCUT2D eigenvalue weighted by Crippen LogP contribution is 2.41. The second-order valence-corrected chi connectivity index (χ2v) is 11.5. The molecule has 8 bridgehead atoms. The summed E-state index contributed by atoms with van der Waals surface area (Å²) in [5.74, 6) is 0. The maximum atomic E-state index is 12.3. The Labute approximate surface area is 281 Å². The number of para-hydroxylation sites is 3. The van der Waals surface area contributed by atoms with Gasteiger partial charge < -0.3 is 15.0 Å². The molecule has 242 valence electrons. The van der Waals surface area contributed by atoms with Gasteiger partial charge in [-0.15, -0.1) is 0 Å². The molecule has 0 spiro atoms. The Kier molecular flexibility index (Phi) is 7.00. The Hall–Kier alpha value is -7.41. The van der Waals surface area contributed by atoms with E-state index >= 15 is 0 Å². The summed E-state index contributed by atoms with van der Waals surface area (Å²) in [6.07, 6.45) is 3.56. The topological polar surface area (TPSA) is 190 Å². The number of aromatic amines is 3. The van der Waals surface area contributed by atoms with Gasteiger partial charge in [-0.25, -0.2) is 4.98 Å². The first kappa shape index (κ1) is 30.0. The SMILES string of the molecule is O=[N+]([O-])c1ccccc1-c1c2nc(c3ccc([nH]3)c(-c3ccccc3[N+](=O)[O-])c3ccc([nH]3)c(-c3ccccc3[N+](=O)[O-])c3ccc1[nH]3)C=C2. The maximum Gasteiger partial charge on any atom is 0.277 e. The van der Waals surface area contributed by atoms with Crippen LogP contribution in [-0.4, -0.2) is 34.7 Å². The van der Waals surface area contributed by atoms with E-state index in [0.717, 1.165) is 0 Å². The zero-order valence-corrected chi connectivity index (χ0v) is 25.8. The monoisotopic (exact) mass is 661 g/mol. The predicted molar refractivity (Wildman–Crippen MR) is 191 cm³/mol. The zero-order chi connectivity index (χ0) is 34.5. The smallest absolute Gasteiger partial charge is 0.277 e. The van der Waals surface area contributed by atoms with Gasteiger partial charge in [0.2, 0.25) is 0 Å². The van der Waals surface area contributed by atoms with Gasteiger partial charge in [0.1, 0.15) is 0 Å². The third kappa shape index (κ3) is 4.93. The molecule has 0 radical (unpaired) electrons. The molecule has 13 nitrogen and oxygen atoms in total. The lowest BCUT2D eigenvalue weighted by atomic mass is 10.0. The number of nitrogens with one attached hydrogen (secondary N) is 3. The van der Waals surface area contributed by atoms with Crippen molar-refractivity contribution in [3.8, 4) is 33.4 Å². The molecule has 50 heavy (non-hydrogen) atoms. The van der Waals surface area contributed by atoms with Crippen LogP contribution < -0.4 is 0 Å². The van der Waals surface area contributed by atoms with E-state index in [4.69, 9.17) is 4.98 Å². The van der Waals surface area contributed by atoms with E-state index < -0.39 is 14.8 Å². The molecule has 0 atom stereocenters. The minimum absolute atomic E-state index is 0.109. The first-order chi connectivity index (χ1) is 24.3. The Morgan fingerprint density at radius 3 is 1.14 bits per heavy atom. The third-order valence-corrected chi connectivity index (χ3v) is 8.69. The molecular weight excluding hydrogens is 638 g/mol. The molecular formula is C37H23N7O6. The molecule has 0 saturated heterocycles. The van der Waals surface area contributed by atoms with Gasteiger partial charge in [-0.05, 0) is 66.7 Å². The lowest BCUT2D eigenvalue weighted by Crippen LogP contribution is -1.94. The van der Waals surface area contributed by atoms with Crippen molar-refractivity contribution in [2.24, 2.45) is 0 Å². The molecule has 0 amide bonds. The van der Waals surface area contributed by atoms with Crippen LogP contribution in [0.5, 0.6) is 0 Å². The summed E-state index contributed by atoms with van der Waals surface area (Å²) >= 11 is 0. The van der Waals surface area contributed by atoms with E-state index in [-0.39, 0.29) is 17.1 Å². The highest BCUT2D eigenvalue weighted by molar-refractivity contribution is 6.03. The Bertz CT molecular complexity index is 2720. The summed E-state index contributed by atoms with van der Waals surface area (Å²) in [6.45, 7) is 0. The molecule has 0 unspecified atom stereocenters. The minimum Gasteiger partial charge on any atom is -0.354 e. The van der Waals surface area contributed by atoms with E-state index in [9.17, 15) is 30.3 Å². The van der Waals surface area contributed by atoms with Gasteiger partial charge in [0.05, 0.1) is 48.4 Å². The van der Waals surface area contributed by atoms with E-state index in [1.165, 1.54) is 18.2 Å². The Balaban J connectivity index is 1.60. The first-order valence-electron chi connectivity index (χ1n) is 15.3. The van der Waals surface area contributed by atoms with Crippen molar-refractivity contribution in [1.82, 2.24) is 19.9 Å². The molecule has 0 fully saturated rings. The number of aromatic nitrogens is 4.